The quantitative estimate of drug-likeness (QED) is 0.424. The fraction of sp³-hybridized carbons (Fsp3) is 0.500. The first-order valence-corrected chi connectivity index (χ1v) is 6.15. The van der Waals surface area contributed by atoms with Gasteiger partial charge in [-0.05, 0) is 6.54 Å². The number of ether oxygens (including phenoxy) is 1. The van der Waals surface area contributed by atoms with Crippen LogP contribution in [0.3, 0.4) is 0 Å². The number of aromatic nitrogens is 2. The number of likely N-dealkylation sites (N-methyl/N-ethyl adjacent to an activating group) is 1. The number of aromatic amines is 1. The summed E-state index contributed by atoms with van der Waals surface area (Å²) >= 11 is 1.30. The van der Waals surface area contributed by atoms with E-state index in [9.17, 15) is 9.59 Å². The van der Waals surface area contributed by atoms with Crippen LogP contribution in [0.25, 0.3) is 0 Å². The fourth-order valence-corrected chi connectivity index (χ4v) is 2.07. The van der Waals surface area contributed by atoms with E-state index in [-0.39, 0.29) is 11.5 Å². The molecule has 0 saturated heterocycles. The summed E-state index contributed by atoms with van der Waals surface area (Å²) in [7, 11) is 1.35. The second-order valence-electron chi connectivity index (χ2n) is 3.18. The third kappa shape index (κ3) is 4.58. The van der Waals surface area contributed by atoms with Gasteiger partial charge in [-0.25, -0.2) is 4.98 Å². The van der Waals surface area contributed by atoms with E-state index in [1.165, 1.54) is 31.1 Å². The van der Waals surface area contributed by atoms with E-state index in [1.807, 2.05) is 6.92 Å². The third-order valence-electron chi connectivity index (χ3n) is 1.97. The van der Waals surface area contributed by atoms with Crippen molar-refractivity contribution in [3.05, 3.63) is 22.6 Å². The largest absolute Gasteiger partial charge is 0.468 e. The molecular weight excluding hydrogens is 242 g/mol. The van der Waals surface area contributed by atoms with Crippen LogP contribution in [0.5, 0.6) is 0 Å². The molecule has 1 unspecified atom stereocenters. The minimum absolute atomic E-state index is 0.208. The van der Waals surface area contributed by atoms with Gasteiger partial charge in [0.25, 0.3) is 5.56 Å². The maximum atomic E-state index is 11.4. The SMILES string of the molecule is CCNC(CSc1nccc(=O)[nH]1)C(=O)OC. The first-order valence-electron chi connectivity index (χ1n) is 5.16. The average Bonchev–Trinajstić information content (AvgIpc) is 2.33. The van der Waals surface area contributed by atoms with E-state index in [0.717, 1.165) is 0 Å². The Morgan fingerprint density at radius 2 is 2.47 bits per heavy atom. The molecule has 2 N–H and O–H groups in total. The van der Waals surface area contributed by atoms with Crippen molar-refractivity contribution in [3.8, 4) is 0 Å². The van der Waals surface area contributed by atoms with Gasteiger partial charge in [0.2, 0.25) is 0 Å². The van der Waals surface area contributed by atoms with Gasteiger partial charge in [0.1, 0.15) is 6.04 Å². The summed E-state index contributed by atoms with van der Waals surface area (Å²) in [4.78, 5) is 29.0. The van der Waals surface area contributed by atoms with Gasteiger partial charge < -0.3 is 15.0 Å². The first-order chi connectivity index (χ1) is 8.17. The standard InChI is InChI=1S/C10H15N3O3S/c1-3-11-7(9(15)16-2)6-17-10-12-5-4-8(14)13-10/h4-5,7,11H,3,6H2,1-2H3,(H,12,13,14). The van der Waals surface area contributed by atoms with Gasteiger partial charge >= 0.3 is 5.97 Å². The van der Waals surface area contributed by atoms with Crippen LogP contribution in [0.1, 0.15) is 6.92 Å². The molecule has 94 valence electrons. The first kappa shape index (κ1) is 13.7. The van der Waals surface area contributed by atoms with E-state index >= 15 is 0 Å². The molecule has 1 heterocycles. The summed E-state index contributed by atoms with van der Waals surface area (Å²) in [6.07, 6.45) is 1.43. The molecule has 1 aromatic rings. The molecule has 1 aromatic heterocycles. The van der Waals surface area contributed by atoms with Crippen molar-refractivity contribution in [2.75, 3.05) is 19.4 Å². The van der Waals surface area contributed by atoms with E-state index < -0.39 is 6.04 Å². The predicted molar refractivity (Wildman–Crippen MR) is 65.1 cm³/mol. The van der Waals surface area contributed by atoms with Crippen LogP contribution in [0.4, 0.5) is 0 Å². The molecule has 17 heavy (non-hydrogen) atoms. The minimum atomic E-state index is -0.402. The van der Waals surface area contributed by atoms with Gasteiger partial charge in [-0.3, -0.25) is 9.59 Å². The zero-order chi connectivity index (χ0) is 12.7. The van der Waals surface area contributed by atoms with Crippen LogP contribution in [-0.4, -0.2) is 41.4 Å². The second-order valence-corrected chi connectivity index (χ2v) is 4.19. The molecule has 0 fully saturated rings. The van der Waals surface area contributed by atoms with Crippen molar-refractivity contribution < 1.29 is 9.53 Å². The maximum absolute atomic E-state index is 11.4. The van der Waals surface area contributed by atoms with E-state index in [4.69, 9.17) is 0 Å². The van der Waals surface area contributed by atoms with Gasteiger partial charge in [0.15, 0.2) is 5.16 Å². The summed E-state index contributed by atoms with van der Waals surface area (Å²) in [6, 6.07) is 0.937. The predicted octanol–water partition coefficient (Wildman–Crippen LogP) is 0.0131. The highest BCUT2D eigenvalue weighted by atomic mass is 32.2. The van der Waals surface area contributed by atoms with Gasteiger partial charge in [-0.15, -0.1) is 0 Å². The van der Waals surface area contributed by atoms with Crippen LogP contribution in [-0.2, 0) is 9.53 Å². The number of nitrogens with one attached hydrogen (secondary N) is 2. The second kappa shape index (κ2) is 7.08. The summed E-state index contributed by atoms with van der Waals surface area (Å²) in [5.41, 5.74) is -0.208. The molecule has 0 amide bonds. The van der Waals surface area contributed by atoms with E-state index in [0.29, 0.717) is 17.5 Å². The molecule has 0 aromatic carbocycles. The number of methoxy groups -OCH3 is 1. The highest BCUT2D eigenvalue weighted by Crippen LogP contribution is 2.12. The molecule has 0 aliphatic heterocycles. The van der Waals surface area contributed by atoms with Gasteiger partial charge in [0.05, 0.1) is 7.11 Å². The molecule has 0 aliphatic carbocycles. The maximum Gasteiger partial charge on any atom is 0.323 e. The Labute approximate surface area is 103 Å². The van der Waals surface area contributed by atoms with E-state index in [1.54, 1.807) is 0 Å². The Hall–Kier alpha value is -1.34. The zero-order valence-corrected chi connectivity index (χ0v) is 10.5. The molecule has 6 nitrogen and oxygen atoms in total. The third-order valence-corrected chi connectivity index (χ3v) is 2.95. The summed E-state index contributed by atoms with van der Waals surface area (Å²) < 4.78 is 4.67. The number of thioether (sulfide) groups is 1. The van der Waals surface area contributed by atoms with Crippen molar-refractivity contribution in [2.45, 2.75) is 18.1 Å². The smallest absolute Gasteiger partial charge is 0.323 e. The summed E-state index contributed by atoms with van der Waals surface area (Å²) in [5, 5.41) is 3.49. The number of carbonyl (C=O) groups excluding carboxylic acids is 1. The van der Waals surface area contributed by atoms with Crippen LogP contribution in [0, 0.1) is 0 Å². The summed E-state index contributed by atoms with van der Waals surface area (Å²) in [6.45, 7) is 2.57. The van der Waals surface area contributed by atoms with Crippen molar-refractivity contribution in [1.82, 2.24) is 15.3 Å². The Bertz CT molecular complexity index is 421. The van der Waals surface area contributed by atoms with Crippen molar-refractivity contribution in [3.63, 3.8) is 0 Å². The fourth-order valence-electron chi connectivity index (χ4n) is 1.19. The molecule has 0 spiro atoms. The van der Waals surface area contributed by atoms with Gasteiger partial charge in [0, 0.05) is 18.0 Å². The lowest BCUT2D eigenvalue weighted by Gasteiger charge is -2.14. The monoisotopic (exact) mass is 257 g/mol. The van der Waals surface area contributed by atoms with E-state index in [2.05, 4.69) is 20.0 Å². The Balaban J connectivity index is 2.57. The zero-order valence-electron chi connectivity index (χ0n) is 9.73. The normalized spacial score (nSPS) is 12.1. The summed E-state index contributed by atoms with van der Waals surface area (Å²) in [5.74, 6) is 0.130. The lowest BCUT2D eigenvalue weighted by Crippen LogP contribution is -2.39. The molecule has 1 rings (SSSR count). The molecule has 0 radical (unpaired) electrons. The number of hydrogen-bond donors (Lipinski definition) is 2. The molecule has 0 aliphatic rings. The number of carbonyl (C=O) groups is 1. The number of H-pyrrole nitrogens is 1. The van der Waals surface area contributed by atoms with Gasteiger partial charge in [-0.1, -0.05) is 18.7 Å². The molecule has 0 bridgehead atoms. The lowest BCUT2D eigenvalue weighted by atomic mass is 10.3. The van der Waals surface area contributed by atoms with Crippen LogP contribution in [0.15, 0.2) is 22.2 Å². The number of hydrogen-bond acceptors (Lipinski definition) is 6. The van der Waals surface area contributed by atoms with Crippen LogP contribution in [0.2, 0.25) is 0 Å². The molecule has 7 heteroatoms. The number of rotatable bonds is 6. The molecule has 0 saturated carbocycles. The minimum Gasteiger partial charge on any atom is -0.468 e. The molecular formula is C10H15N3O3S. The van der Waals surface area contributed by atoms with Gasteiger partial charge in [-0.2, -0.15) is 0 Å². The Morgan fingerprint density at radius 1 is 1.71 bits per heavy atom. The van der Waals surface area contributed by atoms with Crippen LogP contribution >= 0.6 is 11.8 Å². The topological polar surface area (TPSA) is 84.1 Å². The Kier molecular flexibility index (Phi) is 5.71. The Morgan fingerprint density at radius 3 is 3.06 bits per heavy atom. The average molecular weight is 257 g/mol. The number of esters is 1. The highest BCUT2D eigenvalue weighted by Gasteiger charge is 2.18. The molecule has 1 atom stereocenters. The highest BCUT2D eigenvalue weighted by molar-refractivity contribution is 7.99. The lowest BCUT2D eigenvalue weighted by molar-refractivity contribution is -0.142. The number of nitrogens with zero attached hydrogens (tertiary/aromatic N) is 1. The van der Waals surface area contributed by atoms with Crippen molar-refractivity contribution in [2.24, 2.45) is 0 Å². The van der Waals surface area contributed by atoms with Crippen molar-refractivity contribution in [1.29, 1.82) is 0 Å². The van der Waals surface area contributed by atoms with Crippen molar-refractivity contribution >= 4 is 17.7 Å². The van der Waals surface area contributed by atoms with Crippen LogP contribution < -0.4 is 10.9 Å².